The minimum absolute atomic E-state index is 0.0598. The highest BCUT2D eigenvalue weighted by Gasteiger charge is 2.38. The number of carbonyl (C=O) groups excluding carboxylic acids is 1. The van der Waals surface area contributed by atoms with Crippen LogP contribution in [0.25, 0.3) is 0 Å². The smallest absolute Gasteiger partial charge is 0.265 e. The van der Waals surface area contributed by atoms with E-state index in [4.69, 9.17) is 16.4 Å². The number of amidine groups is 1. The van der Waals surface area contributed by atoms with Gasteiger partial charge in [-0.3, -0.25) is 4.79 Å². The molecule has 0 fully saturated rings. The Kier molecular flexibility index (Phi) is 4.35. The van der Waals surface area contributed by atoms with Gasteiger partial charge in [0.15, 0.2) is 5.84 Å². The minimum atomic E-state index is -0.747. The van der Waals surface area contributed by atoms with Gasteiger partial charge in [0.05, 0.1) is 0 Å². The van der Waals surface area contributed by atoms with E-state index in [-0.39, 0.29) is 11.8 Å². The maximum atomic E-state index is 12.7. The van der Waals surface area contributed by atoms with Gasteiger partial charge in [0, 0.05) is 22.2 Å². The van der Waals surface area contributed by atoms with E-state index in [1.165, 1.54) is 0 Å². The van der Waals surface area contributed by atoms with Gasteiger partial charge in [0.25, 0.3) is 6.23 Å². The van der Waals surface area contributed by atoms with E-state index < -0.39 is 6.23 Å². The lowest BCUT2D eigenvalue weighted by molar-refractivity contribution is 0.00779. The lowest BCUT2D eigenvalue weighted by atomic mass is 10.1. The van der Waals surface area contributed by atoms with Gasteiger partial charge in [0.1, 0.15) is 0 Å². The average Bonchev–Trinajstić information content (AvgIpc) is 3.01. The molecule has 0 aliphatic carbocycles. The molecule has 1 aliphatic heterocycles. The normalized spacial score (nSPS) is 17.1. The number of carbonyl (C=O) groups is 1. The highest BCUT2D eigenvalue weighted by molar-refractivity contribution is 6.30. The Morgan fingerprint density at radius 3 is 2.39 bits per heavy atom. The molecule has 0 radical (unpaired) electrons. The molecular weight excluding hydrogens is 312 g/mol. The Hall–Kier alpha value is -2.33. The molecule has 3 rings (SSSR count). The monoisotopic (exact) mass is 328 g/mol. The number of halogens is 1. The van der Waals surface area contributed by atoms with Crippen molar-refractivity contribution in [3.63, 3.8) is 0 Å². The predicted molar refractivity (Wildman–Crippen MR) is 90.6 cm³/mol. The Morgan fingerprint density at radius 2 is 1.78 bits per heavy atom. The summed E-state index contributed by atoms with van der Waals surface area (Å²) in [5, 5.41) is 4.80. The number of ketones is 1. The number of Topliss-reactive ketones (excluding diaryl/α,β-unsaturated/α-hetero) is 1. The van der Waals surface area contributed by atoms with E-state index in [1.807, 2.05) is 49.1 Å². The quantitative estimate of drug-likeness (QED) is 0.798. The molecule has 0 saturated heterocycles. The van der Waals surface area contributed by atoms with Crippen molar-refractivity contribution < 1.29 is 9.63 Å². The first-order valence-corrected chi connectivity index (χ1v) is 7.83. The molecule has 0 bridgehead atoms. The summed E-state index contributed by atoms with van der Waals surface area (Å²) in [6.45, 7) is 4.01. The van der Waals surface area contributed by atoms with Crippen LogP contribution in [0.2, 0.25) is 5.02 Å². The van der Waals surface area contributed by atoms with Crippen LogP contribution in [0.1, 0.15) is 29.8 Å². The number of hydrogen-bond acceptors (Lipinski definition) is 4. The molecule has 5 heteroatoms. The van der Waals surface area contributed by atoms with Crippen LogP contribution < -0.4 is 0 Å². The molecule has 0 spiro atoms. The number of nitrogens with zero attached hydrogens (tertiary/aromatic N) is 2. The van der Waals surface area contributed by atoms with Crippen molar-refractivity contribution in [1.82, 2.24) is 4.90 Å². The van der Waals surface area contributed by atoms with Gasteiger partial charge in [-0.25, -0.2) is 0 Å². The minimum Gasteiger partial charge on any atom is -0.360 e. The van der Waals surface area contributed by atoms with Crippen LogP contribution in [-0.2, 0) is 4.84 Å². The molecule has 0 amide bonds. The third-order valence-electron chi connectivity index (χ3n) is 3.68. The standard InChI is InChI=1S/C18H17ClN2O2/c1-12(2)21-17(14-8-10-15(19)11-9-14)20-23-18(21)16(22)13-6-4-3-5-7-13/h3-12,18H,1-2H3. The van der Waals surface area contributed by atoms with Gasteiger partial charge in [0.2, 0.25) is 5.78 Å². The van der Waals surface area contributed by atoms with Gasteiger partial charge in [-0.05, 0) is 38.1 Å². The van der Waals surface area contributed by atoms with Crippen LogP contribution in [-0.4, -0.2) is 28.8 Å². The number of rotatable bonds is 4. The lowest BCUT2D eigenvalue weighted by Gasteiger charge is -2.28. The first-order valence-electron chi connectivity index (χ1n) is 7.45. The summed E-state index contributed by atoms with van der Waals surface area (Å²) in [7, 11) is 0. The van der Waals surface area contributed by atoms with Crippen molar-refractivity contribution >= 4 is 23.2 Å². The second kappa shape index (κ2) is 6.42. The zero-order chi connectivity index (χ0) is 16.4. The van der Waals surface area contributed by atoms with Crippen LogP contribution in [0.4, 0.5) is 0 Å². The number of oxime groups is 1. The van der Waals surface area contributed by atoms with Crippen molar-refractivity contribution in [3.05, 3.63) is 70.7 Å². The molecule has 1 atom stereocenters. The Bertz CT molecular complexity index is 726. The number of hydrogen-bond donors (Lipinski definition) is 0. The zero-order valence-electron chi connectivity index (χ0n) is 12.9. The van der Waals surface area contributed by atoms with E-state index in [0.29, 0.717) is 16.4 Å². The van der Waals surface area contributed by atoms with E-state index in [1.54, 1.807) is 24.3 Å². The molecule has 4 nitrogen and oxygen atoms in total. The van der Waals surface area contributed by atoms with Crippen molar-refractivity contribution in [1.29, 1.82) is 0 Å². The summed E-state index contributed by atoms with van der Waals surface area (Å²) in [6.07, 6.45) is -0.747. The molecule has 0 saturated carbocycles. The first-order chi connectivity index (χ1) is 11.1. The summed E-state index contributed by atoms with van der Waals surface area (Å²) in [6, 6.07) is 16.5. The van der Waals surface area contributed by atoms with Crippen molar-refractivity contribution in [2.45, 2.75) is 26.1 Å². The molecule has 23 heavy (non-hydrogen) atoms. The predicted octanol–water partition coefficient (Wildman–Crippen LogP) is 3.95. The molecule has 1 aliphatic rings. The van der Waals surface area contributed by atoms with Gasteiger partial charge in [-0.15, -0.1) is 0 Å². The maximum absolute atomic E-state index is 12.7. The van der Waals surface area contributed by atoms with Crippen LogP contribution in [0.15, 0.2) is 59.8 Å². The second-order valence-electron chi connectivity index (χ2n) is 5.61. The zero-order valence-corrected chi connectivity index (χ0v) is 13.7. The summed E-state index contributed by atoms with van der Waals surface area (Å²) < 4.78 is 0. The SMILES string of the molecule is CC(C)N1C(c2ccc(Cl)cc2)=NOC1C(=O)c1ccccc1. The third-order valence-corrected chi connectivity index (χ3v) is 3.93. The van der Waals surface area contributed by atoms with Gasteiger partial charge < -0.3 is 9.74 Å². The largest absolute Gasteiger partial charge is 0.360 e. The Labute approximate surface area is 140 Å². The molecule has 118 valence electrons. The molecule has 1 heterocycles. The summed E-state index contributed by atoms with van der Waals surface area (Å²) in [5.41, 5.74) is 1.47. The molecule has 0 N–H and O–H groups in total. The van der Waals surface area contributed by atoms with Gasteiger partial charge in [-0.2, -0.15) is 0 Å². The van der Waals surface area contributed by atoms with Crippen LogP contribution in [0.5, 0.6) is 0 Å². The fourth-order valence-corrected chi connectivity index (χ4v) is 2.67. The van der Waals surface area contributed by atoms with Crippen molar-refractivity contribution in [2.24, 2.45) is 5.16 Å². The maximum Gasteiger partial charge on any atom is 0.265 e. The van der Waals surface area contributed by atoms with Crippen molar-refractivity contribution in [3.8, 4) is 0 Å². The molecule has 2 aromatic carbocycles. The first kappa shape index (κ1) is 15.6. The highest BCUT2D eigenvalue weighted by Crippen LogP contribution is 2.24. The summed E-state index contributed by atoms with van der Waals surface area (Å²) in [5.74, 6) is 0.540. The van der Waals surface area contributed by atoms with E-state index in [9.17, 15) is 4.79 Å². The Balaban J connectivity index is 1.90. The van der Waals surface area contributed by atoms with Gasteiger partial charge >= 0.3 is 0 Å². The summed E-state index contributed by atoms with van der Waals surface area (Å²) in [4.78, 5) is 20.1. The van der Waals surface area contributed by atoms with Crippen LogP contribution in [0, 0.1) is 0 Å². The fourth-order valence-electron chi connectivity index (χ4n) is 2.54. The van der Waals surface area contributed by atoms with E-state index >= 15 is 0 Å². The molecule has 0 aromatic heterocycles. The molecular formula is C18H17ClN2O2. The van der Waals surface area contributed by atoms with E-state index in [2.05, 4.69) is 5.16 Å². The third kappa shape index (κ3) is 3.08. The number of benzene rings is 2. The molecule has 2 aromatic rings. The Morgan fingerprint density at radius 1 is 1.13 bits per heavy atom. The average molecular weight is 329 g/mol. The summed E-state index contributed by atoms with van der Waals surface area (Å²) >= 11 is 5.94. The molecule has 1 unspecified atom stereocenters. The topological polar surface area (TPSA) is 41.9 Å². The van der Waals surface area contributed by atoms with Crippen LogP contribution in [0.3, 0.4) is 0 Å². The highest BCUT2D eigenvalue weighted by atomic mass is 35.5. The van der Waals surface area contributed by atoms with Crippen LogP contribution >= 0.6 is 11.6 Å². The van der Waals surface area contributed by atoms with E-state index in [0.717, 1.165) is 5.56 Å². The van der Waals surface area contributed by atoms with Crippen molar-refractivity contribution in [2.75, 3.05) is 0 Å². The fraction of sp³-hybridized carbons (Fsp3) is 0.222. The lowest BCUT2D eigenvalue weighted by Crippen LogP contribution is -2.45. The second-order valence-corrected chi connectivity index (χ2v) is 6.05. The van der Waals surface area contributed by atoms with Gasteiger partial charge in [-0.1, -0.05) is 47.1 Å².